The summed E-state index contributed by atoms with van der Waals surface area (Å²) >= 11 is 11.6. The Hall–Kier alpha value is -1.53. The number of carbonyl (C=O) groups is 1. The van der Waals surface area contributed by atoms with E-state index < -0.39 is 16.9 Å². The average molecular weight is 305 g/mol. The summed E-state index contributed by atoms with van der Waals surface area (Å²) in [5.41, 5.74) is -0.0353. The molecule has 0 aliphatic carbocycles. The summed E-state index contributed by atoms with van der Waals surface area (Å²) in [6.07, 6.45) is 1.11. The van der Waals surface area contributed by atoms with Crippen LogP contribution >= 0.6 is 23.2 Å². The van der Waals surface area contributed by atoms with Crippen LogP contribution in [0.3, 0.4) is 0 Å². The summed E-state index contributed by atoms with van der Waals surface area (Å²) in [7, 11) is 0. The van der Waals surface area contributed by atoms with Gasteiger partial charge in [0.05, 0.1) is 15.0 Å². The number of nitro benzene ring substituents is 1. The molecule has 1 saturated heterocycles. The van der Waals surface area contributed by atoms with Crippen LogP contribution in [0.5, 0.6) is 0 Å². The van der Waals surface area contributed by atoms with Gasteiger partial charge in [-0.2, -0.15) is 0 Å². The lowest BCUT2D eigenvalue weighted by atomic mass is 10.2. The number of hydrogen-bond acceptors (Lipinski definition) is 4. The molecule has 0 saturated carbocycles. The lowest BCUT2D eigenvalue weighted by Crippen LogP contribution is -2.36. The van der Waals surface area contributed by atoms with Gasteiger partial charge in [0.2, 0.25) is 0 Å². The molecule has 0 bridgehead atoms. The number of carboxylic acids is 1. The van der Waals surface area contributed by atoms with Crippen LogP contribution < -0.4 is 4.90 Å². The minimum absolute atomic E-state index is 0.0724. The number of aliphatic carboxylic acids is 1. The number of rotatable bonds is 3. The van der Waals surface area contributed by atoms with Gasteiger partial charge >= 0.3 is 5.97 Å². The number of hydrogen-bond donors (Lipinski definition) is 1. The van der Waals surface area contributed by atoms with Crippen molar-refractivity contribution in [2.45, 2.75) is 18.9 Å². The highest BCUT2D eigenvalue weighted by Gasteiger charge is 2.34. The molecule has 1 fully saturated rings. The second-order valence-corrected chi connectivity index (χ2v) is 5.02. The Bertz CT molecular complexity index is 550. The lowest BCUT2D eigenvalue weighted by molar-refractivity contribution is -0.384. The molecule has 0 aromatic heterocycles. The van der Waals surface area contributed by atoms with Crippen molar-refractivity contribution in [2.24, 2.45) is 0 Å². The van der Waals surface area contributed by atoms with Gasteiger partial charge in [-0.3, -0.25) is 10.1 Å². The Labute approximate surface area is 118 Å². The molecule has 0 radical (unpaired) electrons. The molecule has 1 aliphatic rings. The zero-order chi connectivity index (χ0) is 14.2. The van der Waals surface area contributed by atoms with Crippen LogP contribution in [0.4, 0.5) is 11.4 Å². The van der Waals surface area contributed by atoms with E-state index in [9.17, 15) is 14.9 Å². The predicted molar refractivity (Wildman–Crippen MR) is 71.1 cm³/mol. The molecule has 102 valence electrons. The topological polar surface area (TPSA) is 83.7 Å². The van der Waals surface area contributed by atoms with Crippen LogP contribution in [-0.2, 0) is 4.79 Å². The van der Waals surface area contributed by atoms with Gasteiger partial charge < -0.3 is 10.0 Å². The quantitative estimate of drug-likeness (QED) is 0.685. The van der Waals surface area contributed by atoms with E-state index in [4.69, 9.17) is 28.3 Å². The first-order chi connectivity index (χ1) is 8.91. The van der Waals surface area contributed by atoms with Crippen molar-refractivity contribution in [3.8, 4) is 0 Å². The van der Waals surface area contributed by atoms with Crippen LogP contribution in [0.1, 0.15) is 12.8 Å². The fraction of sp³-hybridized carbons (Fsp3) is 0.364. The molecule has 1 atom stereocenters. The average Bonchev–Trinajstić information content (AvgIpc) is 2.80. The van der Waals surface area contributed by atoms with Gasteiger partial charge in [0.1, 0.15) is 11.7 Å². The van der Waals surface area contributed by atoms with E-state index in [-0.39, 0.29) is 21.4 Å². The molecule has 1 aromatic carbocycles. The number of nitrogens with zero attached hydrogens (tertiary/aromatic N) is 2. The van der Waals surface area contributed by atoms with E-state index in [1.165, 1.54) is 11.0 Å². The summed E-state index contributed by atoms with van der Waals surface area (Å²) in [5, 5.41) is 20.4. The summed E-state index contributed by atoms with van der Waals surface area (Å²) in [4.78, 5) is 23.1. The van der Waals surface area contributed by atoms with Gasteiger partial charge in [-0.15, -0.1) is 0 Å². The molecule has 1 N–H and O–H groups in total. The fourth-order valence-corrected chi connectivity index (χ4v) is 2.53. The SMILES string of the molecule is O=C(O)C1CCCN1c1cc(Cl)c(Cl)cc1[N+](=O)[O-]. The molecule has 8 heteroatoms. The minimum Gasteiger partial charge on any atom is -0.480 e. The van der Waals surface area contributed by atoms with E-state index in [1.807, 2.05) is 0 Å². The van der Waals surface area contributed by atoms with Crippen molar-refractivity contribution in [1.82, 2.24) is 0 Å². The fourth-order valence-electron chi connectivity index (χ4n) is 2.21. The molecule has 0 spiro atoms. The van der Waals surface area contributed by atoms with Crippen molar-refractivity contribution >= 4 is 40.5 Å². The first-order valence-corrected chi connectivity index (χ1v) is 6.30. The molecular weight excluding hydrogens is 295 g/mol. The highest BCUT2D eigenvalue weighted by molar-refractivity contribution is 6.42. The summed E-state index contributed by atoms with van der Waals surface area (Å²) < 4.78 is 0. The monoisotopic (exact) mass is 304 g/mol. The second kappa shape index (κ2) is 5.22. The first kappa shape index (κ1) is 13.9. The van der Waals surface area contributed by atoms with Crippen molar-refractivity contribution in [1.29, 1.82) is 0 Å². The second-order valence-electron chi connectivity index (χ2n) is 4.20. The maximum Gasteiger partial charge on any atom is 0.326 e. The Morgan fingerprint density at radius 3 is 2.63 bits per heavy atom. The van der Waals surface area contributed by atoms with Crippen molar-refractivity contribution in [3.63, 3.8) is 0 Å². The van der Waals surface area contributed by atoms with Crippen molar-refractivity contribution < 1.29 is 14.8 Å². The van der Waals surface area contributed by atoms with E-state index in [2.05, 4.69) is 0 Å². The molecule has 19 heavy (non-hydrogen) atoms. The molecule has 1 aliphatic heterocycles. The maximum atomic E-state index is 11.1. The van der Waals surface area contributed by atoms with E-state index >= 15 is 0 Å². The standard InChI is InChI=1S/C11H10Cl2N2O4/c12-6-4-9(10(15(18)19)5-7(6)13)14-3-1-2-8(14)11(16)17/h4-5,8H,1-3H2,(H,16,17). The van der Waals surface area contributed by atoms with Gasteiger partial charge in [0.15, 0.2) is 0 Å². The number of benzene rings is 1. The molecule has 6 nitrogen and oxygen atoms in total. The Kier molecular flexibility index (Phi) is 3.82. The van der Waals surface area contributed by atoms with Crippen LogP contribution in [0.25, 0.3) is 0 Å². The maximum absolute atomic E-state index is 11.1. The Morgan fingerprint density at radius 1 is 1.42 bits per heavy atom. The smallest absolute Gasteiger partial charge is 0.326 e. The zero-order valence-corrected chi connectivity index (χ0v) is 11.2. The van der Waals surface area contributed by atoms with E-state index in [1.54, 1.807) is 0 Å². The number of carboxylic acid groups (broad SMARTS) is 1. The van der Waals surface area contributed by atoms with Crippen LogP contribution in [0, 0.1) is 10.1 Å². The normalized spacial score (nSPS) is 18.6. The van der Waals surface area contributed by atoms with Gasteiger partial charge in [-0.05, 0) is 18.9 Å². The van der Waals surface area contributed by atoms with Crippen molar-refractivity contribution in [3.05, 3.63) is 32.3 Å². The molecule has 1 aromatic rings. The molecule has 1 unspecified atom stereocenters. The summed E-state index contributed by atoms with van der Waals surface area (Å²) in [6, 6.07) is 1.73. The number of halogens is 2. The van der Waals surface area contributed by atoms with Gasteiger partial charge in [0, 0.05) is 12.6 Å². The summed E-state index contributed by atoms with van der Waals surface area (Å²) in [5.74, 6) is -1.00. The van der Waals surface area contributed by atoms with Crippen molar-refractivity contribution in [2.75, 3.05) is 11.4 Å². The van der Waals surface area contributed by atoms with Crippen LogP contribution in [0.2, 0.25) is 10.0 Å². The van der Waals surface area contributed by atoms with E-state index in [0.29, 0.717) is 19.4 Å². The highest BCUT2D eigenvalue weighted by Crippen LogP contribution is 2.39. The third-order valence-electron chi connectivity index (χ3n) is 3.06. The predicted octanol–water partition coefficient (Wildman–Crippen LogP) is 2.96. The van der Waals surface area contributed by atoms with Crippen LogP contribution in [-0.4, -0.2) is 28.6 Å². The highest BCUT2D eigenvalue weighted by atomic mass is 35.5. The molecule has 1 heterocycles. The Balaban J connectivity index is 2.51. The lowest BCUT2D eigenvalue weighted by Gasteiger charge is -2.23. The first-order valence-electron chi connectivity index (χ1n) is 5.54. The van der Waals surface area contributed by atoms with Gasteiger partial charge in [-0.25, -0.2) is 4.79 Å². The molecule has 2 rings (SSSR count). The zero-order valence-electron chi connectivity index (χ0n) is 9.68. The van der Waals surface area contributed by atoms with Gasteiger partial charge in [0.25, 0.3) is 5.69 Å². The third kappa shape index (κ3) is 2.59. The largest absolute Gasteiger partial charge is 0.480 e. The Morgan fingerprint density at radius 2 is 2.05 bits per heavy atom. The minimum atomic E-state index is -1.00. The van der Waals surface area contributed by atoms with E-state index in [0.717, 1.165) is 6.07 Å². The summed E-state index contributed by atoms with van der Waals surface area (Å²) in [6.45, 7) is 0.440. The molecular formula is C11H10Cl2N2O4. The number of nitro groups is 1. The number of anilines is 1. The third-order valence-corrected chi connectivity index (χ3v) is 3.78. The molecule has 0 amide bonds. The van der Waals surface area contributed by atoms with Gasteiger partial charge in [-0.1, -0.05) is 23.2 Å². The van der Waals surface area contributed by atoms with Crippen LogP contribution in [0.15, 0.2) is 12.1 Å².